The first kappa shape index (κ1) is 12.6. The fourth-order valence-corrected chi connectivity index (χ4v) is 2.12. The first-order valence-corrected chi connectivity index (χ1v) is 6.32. The van der Waals surface area contributed by atoms with E-state index in [0.29, 0.717) is 18.0 Å². The second-order valence-electron chi connectivity index (χ2n) is 4.69. The zero-order valence-corrected chi connectivity index (χ0v) is 10.6. The lowest BCUT2D eigenvalue weighted by molar-refractivity contribution is 0.542. The van der Waals surface area contributed by atoms with E-state index in [1.807, 2.05) is 0 Å². The molecule has 18 heavy (non-hydrogen) atoms. The molecule has 0 saturated heterocycles. The molecule has 0 atom stereocenters. The maximum Gasteiger partial charge on any atom is 0.328 e. The number of H-pyrrole nitrogens is 1. The summed E-state index contributed by atoms with van der Waals surface area (Å²) in [7, 11) is 0. The molecule has 1 aromatic rings. The molecule has 1 aromatic heterocycles. The quantitative estimate of drug-likeness (QED) is 0.805. The van der Waals surface area contributed by atoms with Crippen molar-refractivity contribution in [3.63, 3.8) is 0 Å². The smallest absolute Gasteiger partial charge is 0.300 e. The zero-order chi connectivity index (χ0) is 13.0. The minimum Gasteiger partial charge on any atom is -0.300 e. The molecule has 1 aliphatic carbocycles. The van der Waals surface area contributed by atoms with E-state index in [-0.39, 0.29) is 11.2 Å². The summed E-state index contributed by atoms with van der Waals surface area (Å²) in [6, 6.07) is 0. The van der Waals surface area contributed by atoms with Gasteiger partial charge in [-0.05, 0) is 25.7 Å². The molecule has 4 heteroatoms. The van der Waals surface area contributed by atoms with Gasteiger partial charge in [0, 0.05) is 18.3 Å². The highest BCUT2D eigenvalue weighted by atomic mass is 16.2. The monoisotopic (exact) mass is 246 g/mol. The Morgan fingerprint density at radius 2 is 1.94 bits per heavy atom. The Bertz CT molecular complexity index is 566. The topological polar surface area (TPSA) is 54.9 Å². The molecule has 0 aromatic carbocycles. The van der Waals surface area contributed by atoms with Gasteiger partial charge in [0.1, 0.15) is 0 Å². The number of rotatable bonds is 5. The van der Waals surface area contributed by atoms with Gasteiger partial charge in [-0.25, -0.2) is 4.79 Å². The second kappa shape index (κ2) is 5.67. The van der Waals surface area contributed by atoms with Crippen molar-refractivity contribution in [2.45, 2.75) is 32.7 Å². The summed E-state index contributed by atoms with van der Waals surface area (Å²) >= 11 is 0. The maximum absolute atomic E-state index is 11.5. The Kier molecular flexibility index (Phi) is 3.97. The molecule has 0 aliphatic heterocycles. The van der Waals surface area contributed by atoms with Gasteiger partial charge in [0.05, 0.1) is 0 Å². The highest BCUT2D eigenvalue weighted by molar-refractivity contribution is 5.17. The van der Waals surface area contributed by atoms with Gasteiger partial charge < -0.3 is 4.57 Å². The van der Waals surface area contributed by atoms with Crippen molar-refractivity contribution in [3.8, 4) is 0 Å². The highest BCUT2D eigenvalue weighted by Crippen LogP contribution is 2.16. The third-order valence-corrected chi connectivity index (χ3v) is 3.20. The van der Waals surface area contributed by atoms with Gasteiger partial charge in [0.15, 0.2) is 0 Å². The van der Waals surface area contributed by atoms with E-state index in [0.717, 1.165) is 19.3 Å². The Balaban J connectivity index is 1.85. The highest BCUT2D eigenvalue weighted by Gasteiger charge is 2.04. The van der Waals surface area contributed by atoms with E-state index in [9.17, 15) is 9.59 Å². The first-order valence-electron chi connectivity index (χ1n) is 6.32. The fraction of sp³-hybridized carbons (Fsp3) is 0.429. The normalized spacial score (nSPS) is 14.5. The molecule has 0 amide bonds. The molecule has 1 heterocycles. The van der Waals surface area contributed by atoms with Crippen LogP contribution in [0.15, 0.2) is 40.1 Å². The molecule has 96 valence electrons. The Hall–Kier alpha value is -1.84. The molecule has 4 nitrogen and oxygen atoms in total. The Morgan fingerprint density at radius 3 is 2.67 bits per heavy atom. The summed E-state index contributed by atoms with van der Waals surface area (Å²) in [6.07, 6.45) is 13.3. The van der Waals surface area contributed by atoms with Crippen LogP contribution in [0.3, 0.4) is 0 Å². The van der Waals surface area contributed by atoms with Gasteiger partial charge >= 0.3 is 5.69 Å². The van der Waals surface area contributed by atoms with Crippen molar-refractivity contribution in [2.75, 3.05) is 0 Å². The van der Waals surface area contributed by atoms with Gasteiger partial charge in [-0.2, -0.15) is 0 Å². The number of unbranched alkanes of at least 4 members (excludes halogenated alkanes) is 1. The maximum atomic E-state index is 11.5. The van der Waals surface area contributed by atoms with Gasteiger partial charge in [0.2, 0.25) is 0 Å². The molecule has 0 fully saturated rings. The largest absolute Gasteiger partial charge is 0.328 e. The molecule has 0 saturated carbocycles. The third-order valence-electron chi connectivity index (χ3n) is 3.20. The SMILES string of the molecule is Cc1cn(CCCCC2C=CC=C2)c(=O)[nH]c1=O. The van der Waals surface area contributed by atoms with Crippen LogP contribution in [0.2, 0.25) is 0 Å². The lowest BCUT2D eigenvalue weighted by Gasteiger charge is -2.07. The van der Waals surface area contributed by atoms with E-state index in [4.69, 9.17) is 0 Å². The molecule has 0 bridgehead atoms. The number of hydrogen-bond acceptors (Lipinski definition) is 2. The number of aromatic nitrogens is 2. The molecular weight excluding hydrogens is 228 g/mol. The number of hydrogen-bond donors (Lipinski definition) is 1. The van der Waals surface area contributed by atoms with Crippen LogP contribution in [0.5, 0.6) is 0 Å². The zero-order valence-electron chi connectivity index (χ0n) is 10.6. The van der Waals surface area contributed by atoms with Crippen molar-refractivity contribution >= 4 is 0 Å². The van der Waals surface area contributed by atoms with E-state index < -0.39 is 0 Å². The summed E-state index contributed by atoms with van der Waals surface area (Å²) < 4.78 is 1.58. The lowest BCUT2D eigenvalue weighted by atomic mass is 10.0. The molecule has 0 radical (unpaired) electrons. The predicted octanol–water partition coefficient (Wildman–Crippen LogP) is 1.76. The van der Waals surface area contributed by atoms with Crippen molar-refractivity contribution < 1.29 is 0 Å². The molecule has 0 spiro atoms. The number of nitrogens with zero attached hydrogens (tertiary/aromatic N) is 1. The van der Waals surface area contributed by atoms with Crippen molar-refractivity contribution in [1.82, 2.24) is 9.55 Å². The van der Waals surface area contributed by atoms with Crippen LogP contribution in [0.25, 0.3) is 0 Å². The first-order chi connectivity index (χ1) is 8.66. The van der Waals surface area contributed by atoms with Crippen LogP contribution in [0.4, 0.5) is 0 Å². The van der Waals surface area contributed by atoms with Crippen LogP contribution < -0.4 is 11.2 Å². The van der Waals surface area contributed by atoms with Crippen LogP contribution in [-0.2, 0) is 6.54 Å². The summed E-state index contributed by atoms with van der Waals surface area (Å²) in [4.78, 5) is 25.1. The van der Waals surface area contributed by atoms with Crippen molar-refractivity contribution in [2.24, 2.45) is 5.92 Å². The molecule has 1 aliphatic rings. The fourth-order valence-electron chi connectivity index (χ4n) is 2.12. The number of nitrogens with one attached hydrogen (secondary N) is 1. The summed E-state index contributed by atoms with van der Waals surface area (Å²) in [6.45, 7) is 2.37. The number of aryl methyl sites for hydroxylation is 2. The number of aromatic amines is 1. The molecule has 0 unspecified atom stereocenters. The van der Waals surface area contributed by atoms with Gasteiger partial charge in [-0.1, -0.05) is 30.7 Å². The van der Waals surface area contributed by atoms with E-state index >= 15 is 0 Å². The Labute approximate surface area is 106 Å². The number of allylic oxidation sites excluding steroid dienone is 4. The molecule has 1 N–H and O–H groups in total. The van der Waals surface area contributed by atoms with Crippen LogP contribution in [-0.4, -0.2) is 9.55 Å². The summed E-state index contributed by atoms with van der Waals surface area (Å²) in [5.41, 5.74) is -0.0278. The van der Waals surface area contributed by atoms with Crippen molar-refractivity contribution in [3.05, 3.63) is 56.9 Å². The van der Waals surface area contributed by atoms with Gasteiger partial charge in [-0.15, -0.1) is 0 Å². The van der Waals surface area contributed by atoms with Crippen LogP contribution >= 0.6 is 0 Å². The average Bonchev–Trinajstić information content (AvgIpc) is 2.84. The third kappa shape index (κ3) is 3.09. The standard InChI is InChI=1S/C14H18N2O2/c1-11-10-16(14(18)15-13(11)17)9-5-4-8-12-6-2-3-7-12/h2-3,6-7,10,12H,4-5,8-9H2,1H3,(H,15,17,18). The van der Waals surface area contributed by atoms with E-state index in [1.165, 1.54) is 0 Å². The van der Waals surface area contributed by atoms with Gasteiger partial charge in [-0.3, -0.25) is 9.78 Å². The van der Waals surface area contributed by atoms with E-state index in [1.54, 1.807) is 17.7 Å². The minimum absolute atomic E-state index is 0.294. The second-order valence-corrected chi connectivity index (χ2v) is 4.69. The Morgan fingerprint density at radius 1 is 1.22 bits per heavy atom. The average molecular weight is 246 g/mol. The van der Waals surface area contributed by atoms with Crippen LogP contribution in [0.1, 0.15) is 24.8 Å². The molecular formula is C14H18N2O2. The van der Waals surface area contributed by atoms with Gasteiger partial charge in [0.25, 0.3) is 5.56 Å². The van der Waals surface area contributed by atoms with Crippen LogP contribution in [0, 0.1) is 12.8 Å². The minimum atomic E-state index is -0.314. The predicted molar refractivity (Wildman–Crippen MR) is 71.7 cm³/mol. The lowest BCUT2D eigenvalue weighted by Crippen LogP contribution is -2.30. The van der Waals surface area contributed by atoms with Crippen molar-refractivity contribution in [1.29, 1.82) is 0 Å². The van der Waals surface area contributed by atoms with E-state index in [2.05, 4.69) is 29.3 Å². The summed E-state index contributed by atoms with van der Waals surface area (Å²) in [5.74, 6) is 0.555. The summed E-state index contributed by atoms with van der Waals surface area (Å²) in [5, 5.41) is 0. The molecule has 2 rings (SSSR count).